The predicted molar refractivity (Wildman–Crippen MR) is 105 cm³/mol. The van der Waals surface area contributed by atoms with Crippen LogP contribution in [0.25, 0.3) is 0 Å². The van der Waals surface area contributed by atoms with Crippen molar-refractivity contribution in [3.05, 3.63) is 60.2 Å². The number of piperazine rings is 1. The molecule has 30 heavy (non-hydrogen) atoms. The molecule has 11 heteroatoms. The van der Waals surface area contributed by atoms with E-state index < -0.39 is 16.0 Å². The number of rotatable bonds is 5. The molecule has 1 aromatic heterocycles. The summed E-state index contributed by atoms with van der Waals surface area (Å²) >= 11 is 0. The van der Waals surface area contributed by atoms with Gasteiger partial charge in [-0.15, -0.1) is 0 Å². The summed E-state index contributed by atoms with van der Waals surface area (Å²) in [4.78, 5) is 27.7. The second-order valence-electron chi connectivity index (χ2n) is 6.42. The van der Waals surface area contributed by atoms with Crippen LogP contribution in [0.15, 0.2) is 63.7 Å². The topological polar surface area (TPSA) is 144 Å². The lowest BCUT2D eigenvalue weighted by atomic mass is 10.2. The third-order valence-corrected chi connectivity index (χ3v) is 5.25. The first-order valence-electron chi connectivity index (χ1n) is 8.85. The molecule has 0 spiro atoms. The van der Waals surface area contributed by atoms with Gasteiger partial charge in [-0.1, -0.05) is 6.07 Å². The maximum Gasteiger partial charge on any atom is 0.294 e. The average Bonchev–Trinajstić information content (AvgIpc) is 3.26. The minimum absolute atomic E-state index is 0.116. The van der Waals surface area contributed by atoms with Gasteiger partial charge in [0.25, 0.3) is 21.9 Å². The number of furan rings is 1. The largest absolute Gasteiger partial charge is 0.459 e. The zero-order chi connectivity index (χ0) is 21.7. The first-order valence-corrected chi connectivity index (χ1v) is 10.3. The SMILES string of the molecule is N#C/C(=C/N1CCN(C(=O)c2ccco2)CC1)C(=O)Nc1cccc(S(=O)(=O)O)c1. The van der Waals surface area contributed by atoms with Crippen LogP contribution >= 0.6 is 0 Å². The van der Waals surface area contributed by atoms with E-state index in [-0.39, 0.29) is 27.8 Å². The molecule has 1 fully saturated rings. The molecule has 2 heterocycles. The summed E-state index contributed by atoms with van der Waals surface area (Å²) in [6, 6.07) is 10.1. The number of amides is 2. The first-order chi connectivity index (χ1) is 14.3. The third kappa shape index (κ3) is 5.05. The Kier molecular flexibility index (Phi) is 6.20. The maximum atomic E-state index is 12.4. The Balaban J connectivity index is 1.63. The van der Waals surface area contributed by atoms with Crippen molar-refractivity contribution in [3.8, 4) is 6.07 Å². The van der Waals surface area contributed by atoms with Crippen LogP contribution in [0.5, 0.6) is 0 Å². The molecule has 2 N–H and O–H groups in total. The zero-order valence-corrected chi connectivity index (χ0v) is 16.5. The van der Waals surface area contributed by atoms with E-state index in [1.807, 2.05) is 6.07 Å². The Morgan fingerprint density at radius 1 is 1.17 bits per heavy atom. The van der Waals surface area contributed by atoms with Gasteiger partial charge in [0.1, 0.15) is 11.6 Å². The van der Waals surface area contributed by atoms with Crippen LogP contribution in [0.4, 0.5) is 5.69 Å². The second kappa shape index (κ2) is 8.81. The van der Waals surface area contributed by atoms with Crippen LogP contribution in [0.3, 0.4) is 0 Å². The average molecular weight is 430 g/mol. The molecule has 1 aliphatic rings. The van der Waals surface area contributed by atoms with E-state index in [0.717, 1.165) is 6.07 Å². The number of nitrogens with one attached hydrogen (secondary N) is 1. The van der Waals surface area contributed by atoms with Gasteiger partial charge in [-0.05, 0) is 30.3 Å². The molecule has 3 rings (SSSR count). The van der Waals surface area contributed by atoms with E-state index in [9.17, 15) is 23.3 Å². The molecule has 0 saturated carbocycles. The van der Waals surface area contributed by atoms with Gasteiger partial charge >= 0.3 is 0 Å². The number of carbonyl (C=O) groups excluding carboxylic acids is 2. The molecule has 1 saturated heterocycles. The number of nitrogens with zero attached hydrogens (tertiary/aromatic N) is 3. The van der Waals surface area contributed by atoms with Crippen LogP contribution in [0, 0.1) is 11.3 Å². The summed E-state index contributed by atoms with van der Waals surface area (Å²) in [5, 5.41) is 11.8. The highest BCUT2D eigenvalue weighted by Crippen LogP contribution is 2.16. The van der Waals surface area contributed by atoms with Gasteiger partial charge in [0.2, 0.25) is 0 Å². The number of benzene rings is 1. The first kappa shape index (κ1) is 21.1. The normalized spacial score (nSPS) is 14.9. The van der Waals surface area contributed by atoms with Gasteiger partial charge in [0.15, 0.2) is 5.76 Å². The second-order valence-corrected chi connectivity index (χ2v) is 7.84. The zero-order valence-electron chi connectivity index (χ0n) is 15.7. The lowest BCUT2D eigenvalue weighted by Gasteiger charge is -2.33. The van der Waals surface area contributed by atoms with Gasteiger partial charge in [0.05, 0.1) is 11.2 Å². The van der Waals surface area contributed by atoms with Crippen molar-refractivity contribution in [2.24, 2.45) is 0 Å². The third-order valence-electron chi connectivity index (χ3n) is 4.40. The number of nitriles is 1. The van der Waals surface area contributed by atoms with Gasteiger partial charge < -0.3 is 19.5 Å². The van der Waals surface area contributed by atoms with Crippen LogP contribution in [-0.2, 0) is 14.9 Å². The van der Waals surface area contributed by atoms with E-state index in [1.54, 1.807) is 21.9 Å². The van der Waals surface area contributed by atoms with Crippen LogP contribution in [-0.4, -0.2) is 60.8 Å². The molecule has 2 amide bonds. The number of anilines is 1. The summed E-state index contributed by atoms with van der Waals surface area (Å²) in [7, 11) is -4.42. The van der Waals surface area contributed by atoms with Crippen LogP contribution < -0.4 is 5.32 Å². The maximum absolute atomic E-state index is 12.4. The smallest absolute Gasteiger partial charge is 0.294 e. The highest BCUT2D eigenvalue weighted by atomic mass is 32.2. The molecule has 156 valence electrons. The Hall–Kier alpha value is -3.62. The van der Waals surface area contributed by atoms with E-state index in [1.165, 1.54) is 30.7 Å². The predicted octanol–water partition coefficient (Wildman–Crippen LogP) is 1.33. The Bertz CT molecular complexity index is 1110. The molecular formula is C19H18N4O6S. The summed E-state index contributed by atoms with van der Waals surface area (Å²) in [6.07, 6.45) is 2.83. The Morgan fingerprint density at radius 2 is 1.90 bits per heavy atom. The molecule has 1 aliphatic heterocycles. The van der Waals surface area contributed by atoms with Gasteiger partial charge in [0, 0.05) is 38.1 Å². The highest BCUT2D eigenvalue weighted by Gasteiger charge is 2.23. The lowest BCUT2D eigenvalue weighted by Crippen LogP contribution is -2.47. The fourth-order valence-corrected chi connectivity index (χ4v) is 3.39. The van der Waals surface area contributed by atoms with Gasteiger partial charge in [-0.25, -0.2) is 0 Å². The minimum atomic E-state index is -4.42. The van der Waals surface area contributed by atoms with Gasteiger partial charge in [-0.3, -0.25) is 14.1 Å². The van der Waals surface area contributed by atoms with Crippen molar-refractivity contribution in [2.45, 2.75) is 4.90 Å². The van der Waals surface area contributed by atoms with Crippen LogP contribution in [0.2, 0.25) is 0 Å². The molecule has 0 atom stereocenters. The van der Waals surface area contributed by atoms with Crippen molar-refractivity contribution in [3.63, 3.8) is 0 Å². The minimum Gasteiger partial charge on any atom is -0.459 e. The van der Waals surface area contributed by atoms with Crippen molar-refractivity contribution in [1.82, 2.24) is 9.80 Å². The fraction of sp³-hybridized carbons (Fsp3) is 0.211. The Labute approximate surface area is 172 Å². The van der Waals surface area contributed by atoms with E-state index >= 15 is 0 Å². The molecule has 10 nitrogen and oxygen atoms in total. The fourth-order valence-electron chi connectivity index (χ4n) is 2.86. The van der Waals surface area contributed by atoms with Crippen molar-refractivity contribution in [1.29, 1.82) is 5.26 Å². The quantitative estimate of drug-likeness (QED) is 0.411. The number of hydrogen-bond acceptors (Lipinski definition) is 7. The lowest BCUT2D eigenvalue weighted by molar-refractivity contribution is -0.112. The number of hydrogen-bond donors (Lipinski definition) is 2. The van der Waals surface area contributed by atoms with E-state index in [0.29, 0.717) is 26.2 Å². The molecule has 0 aliphatic carbocycles. The monoisotopic (exact) mass is 430 g/mol. The standard InChI is InChI=1S/C19H18N4O6S/c20-12-14(18(24)21-15-3-1-4-16(11-15)30(26,27)28)13-22-6-8-23(9-7-22)19(25)17-5-2-10-29-17/h1-5,10-11,13H,6-9H2,(H,21,24)(H,26,27,28)/b14-13-. The Morgan fingerprint density at radius 3 is 2.50 bits per heavy atom. The summed E-state index contributed by atoms with van der Waals surface area (Å²) < 4.78 is 36.6. The summed E-state index contributed by atoms with van der Waals surface area (Å²) in [5.41, 5.74) is -0.0665. The van der Waals surface area contributed by atoms with Crippen molar-refractivity contribution < 1.29 is 27.0 Å². The molecule has 0 bridgehead atoms. The summed E-state index contributed by atoms with van der Waals surface area (Å²) in [6.45, 7) is 1.63. The molecule has 0 radical (unpaired) electrons. The molecule has 0 unspecified atom stereocenters. The van der Waals surface area contributed by atoms with Crippen LogP contribution in [0.1, 0.15) is 10.6 Å². The highest BCUT2D eigenvalue weighted by molar-refractivity contribution is 7.85. The van der Waals surface area contributed by atoms with E-state index in [4.69, 9.17) is 8.97 Å². The van der Waals surface area contributed by atoms with Gasteiger partial charge in [-0.2, -0.15) is 13.7 Å². The molecule has 1 aromatic carbocycles. The molecular weight excluding hydrogens is 412 g/mol. The molecule has 2 aromatic rings. The number of carbonyl (C=O) groups is 2. The van der Waals surface area contributed by atoms with Crippen molar-refractivity contribution in [2.75, 3.05) is 31.5 Å². The van der Waals surface area contributed by atoms with Crippen molar-refractivity contribution >= 4 is 27.6 Å². The summed E-state index contributed by atoms with van der Waals surface area (Å²) in [5.74, 6) is -0.692. The van der Waals surface area contributed by atoms with E-state index in [2.05, 4.69) is 5.32 Å².